The zero-order valence-electron chi connectivity index (χ0n) is 22.6. The molecule has 0 aliphatic carbocycles. The lowest BCUT2D eigenvalue weighted by atomic mass is 9.73. The molecular weight excluding hydrogens is 582 g/mol. The topological polar surface area (TPSA) is 52.6 Å². The molecule has 0 fully saturated rings. The zero-order chi connectivity index (χ0) is 31.0. The van der Waals surface area contributed by atoms with E-state index in [1.54, 1.807) is 12.1 Å². The van der Waals surface area contributed by atoms with Crippen molar-refractivity contribution in [3.63, 3.8) is 0 Å². The maximum Gasteiger partial charge on any atom is 0.411 e. The third kappa shape index (κ3) is 6.11. The van der Waals surface area contributed by atoms with Gasteiger partial charge in [0.15, 0.2) is 0 Å². The molecule has 0 aromatic heterocycles. The summed E-state index contributed by atoms with van der Waals surface area (Å²) in [6.07, 6.45) is -11.4. The molecule has 4 rings (SSSR count). The second kappa shape index (κ2) is 11.0. The molecule has 0 heterocycles. The normalized spacial score (nSPS) is 13.1. The minimum atomic E-state index is -5.70. The Morgan fingerprint density at radius 2 is 0.905 bits per heavy atom. The first kappa shape index (κ1) is 31.0. The number of sulfone groups is 1. The smallest absolute Gasteiger partial charge is 0.411 e. The van der Waals surface area contributed by atoms with Gasteiger partial charge in [-0.3, -0.25) is 0 Å². The molecule has 0 bridgehead atoms. The van der Waals surface area contributed by atoms with Crippen molar-refractivity contribution >= 4 is 9.84 Å². The average Bonchev–Trinajstić information content (AvgIpc) is 2.89. The van der Waals surface area contributed by atoms with E-state index in [4.69, 9.17) is 9.47 Å². The Hall–Kier alpha value is -3.99. The molecule has 0 aliphatic heterocycles. The second-order valence-electron chi connectivity index (χ2n) is 10.4. The highest BCUT2D eigenvalue weighted by atomic mass is 32.2. The minimum absolute atomic E-state index is 0.0317. The first-order chi connectivity index (χ1) is 19.4. The molecule has 42 heavy (non-hydrogen) atoms. The van der Waals surface area contributed by atoms with Gasteiger partial charge in [0.2, 0.25) is 15.3 Å². The number of ether oxygens (including phenoxy) is 2. The van der Waals surface area contributed by atoms with E-state index < -0.39 is 44.3 Å². The lowest BCUT2D eigenvalue weighted by Gasteiger charge is -2.38. The third-order valence-electron chi connectivity index (χ3n) is 6.27. The lowest BCUT2D eigenvalue weighted by molar-refractivity contribution is -0.288. The summed E-state index contributed by atoms with van der Waals surface area (Å²) >= 11 is 0. The van der Waals surface area contributed by atoms with E-state index in [1.165, 1.54) is 42.5 Å². The molecule has 0 atom stereocenters. The molecule has 0 amide bonds. The van der Waals surface area contributed by atoms with Gasteiger partial charge in [-0.25, -0.2) is 8.42 Å². The largest absolute Gasteiger partial charge is 0.488 e. The van der Waals surface area contributed by atoms with E-state index >= 15 is 0 Å². The Morgan fingerprint density at radius 1 is 0.524 bits per heavy atom. The molecule has 4 nitrogen and oxygen atoms in total. The van der Waals surface area contributed by atoms with Crippen LogP contribution in [0.1, 0.15) is 31.9 Å². The summed E-state index contributed by atoms with van der Waals surface area (Å²) < 4.78 is 123. The van der Waals surface area contributed by atoms with Crippen LogP contribution in [0.15, 0.2) is 113 Å². The number of rotatable bonds is 7. The summed E-state index contributed by atoms with van der Waals surface area (Å²) in [7, 11) is -3.89. The Kier molecular flexibility index (Phi) is 8.12. The first-order valence-electron chi connectivity index (χ1n) is 12.6. The van der Waals surface area contributed by atoms with Crippen molar-refractivity contribution in [2.45, 2.75) is 53.9 Å². The SMILES string of the molecule is CC(C)(C)Oc1ccc(S(=O)(=O)c2ccc(Oc3ccc(C(c4ccccc4)(C(F)(F)F)C(F)(F)F)cc3)cc2)cc1. The van der Waals surface area contributed by atoms with Crippen molar-refractivity contribution in [3.05, 3.63) is 114 Å². The van der Waals surface area contributed by atoms with Gasteiger partial charge < -0.3 is 9.47 Å². The standard InChI is InChI=1S/C31H26F6O4S/c1-28(2,3)41-25-15-19-27(20-16-25)42(38,39)26-17-13-24(14-18-26)40-23-11-9-22(10-12-23)29(30(32,33)34,31(35,36)37)21-7-5-4-6-8-21/h4-20H,1-3H3. The van der Waals surface area contributed by atoms with Gasteiger partial charge in [-0.1, -0.05) is 42.5 Å². The van der Waals surface area contributed by atoms with Crippen molar-refractivity contribution in [1.82, 2.24) is 0 Å². The van der Waals surface area contributed by atoms with E-state index in [0.29, 0.717) is 5.75 Å². The van der Waals surface area contributed by atoms with E-state index in [0.717, 1.165) is 48.5 Å². The number of benzene rings is 4. The summed E-state index contributed by atoms with van der Waals surface area (Å²) in [6, 6.07) is 19.7. The van der Waals surface area contributed by atoms with Crippen LogP contribution in [-0.4, -0.2) is 26.4 Å². The van der Waals surface area contributed by atoms with Crippen LogP contribution in [-0.2, 0) is 15.3 Å². The lowest BCUT2D eigenvalue weighted by Crippen LogP contribution is -2.54. The van der Waals surface area contributed by atoms with E-state index in [2.05, 4.69) is 0 Å². The Balaban J connectivity index is 1.58. The summed E-state index contributed by atoms with van der Waals surface area (Å²) in [5, 5.41) is 0. The van der Waals surface area contributed by atoms with Crippen molar-refractivity contribution < 1.29 is 44.2 Å². The quantitative estimate of drug-likeness (QED) is 0.197. The highest BCUT2D eigenvalue weighted by molar-refractivity contribution is 7.91. The summed E-state index contributed by atoms with van der Waals surface area (Å²) in [4.78, 5) is -0.0121. The fraction of sp³-hybridized carbons (Fsp3) is 0.226. The monoisotopic (exact) mass is 608 g/mol. The first-order valence-corrected chi connectivity index (χ1v) is 14.0. The summed E-state index contributed by atoms with van der Waals surface area (Å²) in [5.74, 6) is 0.578. The summed E-state index contributed by atoms with van der Waals surface area (Å²) in [5.41, 5.74) is -6.71. The van der Waals surface area contributed by atoms with E-state index in [9.17, 15) is 34.8 Å². The van der Waals surface area contributed by atoms with Crippen molar-refractivity contribution in [1.29, 1.82) is 0 Å². The second-order valence-corrected chi connectivity index (χ2v) is 12.3. The maximum absolute atomic E-state index is 14.2. The van der Waals surface area contributed by atoms with Crippen LogP contribution in [0.2, 0.25) is 0 Å². The Morgan fingerprint density at radius 3 is 1.31 bits per heavy atom. The van der Waals surface area contributed by atoms with Crippen LogP contribution in [0.25, 0.3) is 0 Å². The fourth-order valence-electron chi connectivity index (χ4n) is 4.44. The van der Waals surface area contributed by atoms with E-state index in [-0.39, 0.29) is 21.3 Å². The van der Waals surface area contributed by atoms with Crippen LogP contribution < -0.4 is 9.47 Å². The number of alkyl halides is 6. The average molecular weight is 609 g/mol. The maximum atomic E-state index is 14.2. The van der Waals surface area contributed by atoms with Gasteiger partial charge >= 0.3 is 12.4 Å². The molecule has 4 aromatic carbocycles. The molecule has 0 spiro atoms. The van der Waals surface area contributed by atoms with Gasteiger partial charge in [-0.05, 0) is 92.6 Å². The van der Waals surface area contributed by atoms with Gasteiger partial charge in [0.1, 0.15) is 22.8 Å². The number of hydrogen-bond acceptors (Lipinski definition) is 4. The highest BCUT2D eigenvalue weighted by Gasteiger charge is 2.72. The molecule has 0 aliphatic rings. The molecule has 0 N–H and O–H groups in total. The Labute approximate surface area is 239 Å². The van der Waals surface area contributed by atoms with Gasteiger partial charge in [-0.2, -0.15) is 26.3 Å². The van der Waals surface area contributed by atoms with Gasteiger partial charge in [0.25, 0.3) is 0 Å². The van der Waals surface area contributed by atoms with Gasteiger partial charge in [0, 0.05) is 0 Å². The van der Waals surface area contributed by atoms with Crippen molar-refractivity contribution in [2.24, 2.45) is 0 Å². The van der Waals surface area contributed by atoms with Crippen molar-refractivity contribution in [2.75, 3.05) is 0 Å². The minimum Gasteiger partial charge on any atom is -0.488 e. The molecular formula is C31H26F6O4S. The molecule has 0 saturated heterocycles. The molecule has 11 heteroatoms. The highest BCUT2D eigenvalue weighted by Crippen LogP contribution is 2.56. The fourth-order valence-corrected chi connectivity index (χ4v) is 5.70. The van der Waals surface area contributed by atoms with Gasteiger partial charge in [-0.15, -0.1) is 0 Å². The van der Waals surface area contributed by atoms with Crippen LogP contribution in [0.4, 0.5) is 26.3 Å². The molecule has 0 saturated carbocycles. The number of hydrogen-bond donors (Lipinski definition) is 0. The predicted molar refractivity (Wildman–Crippen MR) is 145 cm³/mol. The third-order valence-corrected chi connectivity index (χ3v) is 8.06. The van der Waals surface area contributed by atoms with Crippen molar-refractivity contribution in [3.8, 4) is 17.2 Å². The molecule has 0 unspecified atom stereocenters. The van der Waals surface area contributed by atoms with Gasteiger partial charge in [0.05, 0.1) is 9.79 Å². The predicted octanol–water partition coefficient (Wildman–Crippen LogP) is 8.90. The molecule has 4 aromatic rings. The van der Waals surface area contributed by atoms with Crippen LogP contribution in [0.3, 0.4) is 0 Å². The number of halogens is 6. The van der Waals surface area contributed by atoms with Crippen LogP contribution in [0, 0.1) is 0 Å². The Bertz CT molecular complexity index is 1590. The van der Waals surface area contributed by atoms with Crippen LogP contribution >= 0.6 is 0 Å². The van der Waals surface area contributed by atoms with E-state index in [1.807, 2.05) is 20.8 Å². The summed E-state index contributed by atoms with van der Waals surface area (Å²) in [6.45, 7) is 5.58. The zero-order valence-corrected chi connectivity index (χ0v) is 23.4. The van der Waals surface area contributed by atoms with Crippen LogP contribution in [0.5, 0.6) is 17.2 Å². The molecule has 0 radical (unpaired) electrons. The molecule has 222 valence electrons.